The van der Waals surface area contributed by atoms with Crippen molar-refractivity contribution in [1.82, 2.24) is 0 Å². The van der Waals surface area contributed by atoms with Crippen LogP contribution in [0.4, 0.5) is 4.39 Å². The lowest BCUT2D eigenvalue weighted by Gasteiger charge is -1.92. The van der Waals surface area contributed by atoms with Crippen LogP contribution in [0.2, 0.25) is 0 Å². The molecule has 0 saturated carbocycles. The van der Waals surface area contributed by atoms with Gasteiger partial charge in [-0.1, -0.05) is 11.6 Å². The Balaban J connectivity index is 2.68. The molecule has 7 heavy (non-hydrogen) atoms. The maximum absolute atomic E-state index is 11.6. The fraction of sp³-hybridized carbons (Fsp3) is 1.00. The SMILES string of the molecule is FC(Cl)CCCCl. The van der Waals surface area contributed by atoms with Gasteiger partial charge in [-0.25, -0.2) is 4.39 Å². The van der Waals surface area contributed by atoms with Crippen molar-refractivity contribution in [2.75, 3.05) is 5.88 Å². The van der Waals surface area contributed by atoms with Crippen LogP contribution < -0.4 is 0 Å². The average molecular weight is 145 g/mol. The van der Waals surface area contributed by atoms with Crippen LogP contribution in [-0.2, 0) is 0 Å². The van der Waals surface area contributed by atoms with Crippen LogP contribution in [-0.4, -0.2) is 11.5 Å². The van der Waals surface area contributed by atoms with Gasteiger partial charge < -0.3 is 0 Å². The standard InChI is InChI=1S/C4H7Cl2F/c5-3-1-2-4(6)7/h4H,1-3H2. The molecular formula is C4H7Cl2F. The van der Waals surface area contributed by atoms with Crippen molar-refractivity contribution in [2.45, 2.75) is 18.5 Å². The lowest BCUT2D eigenvalue weighted by Crippen LogP contribution is -1.87. The van der Waals surface area contributed by atoms with Crippen molar-refractivity contribution < 1.29 is 4.39 Å². The van der Waals surface area contributed by atoms with E-state index in [2.05, 4.69) is 0 Å². The van der Waals surface area contributed by atoms with Crippen LogP contribution in [0.1, 0.15) is 12.8 Å². The van der Waals surface area contributed by atoms with E-state index in [1.54, 1.807) is 0 Å². The highest BCUT2D eigenvalue weighted by Gasteiger charge is 1.96. The van der Waals surface area contributed by atoms with Gasteiger partial charge in [-0.15, -0.1) is 11.6 Å². The summed E-state index contributed by atoms with van der Waals surface area (Å²) in [4.78, 5) is 0. The molecule has 0 aromatic heterocycles. The van der Waals surface area contributed by atoms with Gasteiger partial charge in [0.1, 0.15) is 0 Å². The summed E-state index contributed by atoms with van der Waals surface area (Å²) < 4.78 is 11.6. The lowest BCUT2D eigenvalue weighted by atomic mass is 10.4. The summed E-state index contributed by atoms with van der Waals surface area (Å²) in [6.45, 7) is 0. The van der Waals surface area contributed by atoms with Crippen molar-refractivity contribution in [3.8, 4) is 0 Å². The molecule has 0 nitrogen and oxygen atoms in total. The molecule has 1 atom stereocenters. The Kier molecular flexibility index (Phi) is 5.00. The van der Waals surface area contributed by atoms with Crippen LogP contribution in [0.5, 0.6) is 0 Å². The molecule has 0 N–H and O–H groups in total. The van der Waals surface area contributed by atoms with Gasteiger partial charge in [-0.2, -0.15) is 0 Å². The van der Waals surface area contributed by atoms with Crippen molar-refractivity contribution in [3.05, 3.63) is 0 Å². The zero-order chi connectivity index (χ0) is 5.70. The molecule has 0 amide bonds. The summed E-state index contributed by atoms with van der Waals surface area (Å²) >= 11 is 10.2. The molecule has 3 heteroatoms. The van der Waals surface area contributed by atoms with E-state index in [1.165, 1.54) is 0 Å². The third-order valence-electron chi connectivity index (χ3n) is 0.556. The van der Waals surface area contributed by atoms with Crippen LogP contribution in [0, 0.1) is 0 Å². The fourth-order valence-corrected chi connectivity index (χ4v) is 0.540. The van der Waals surface area contributed by atoms with Crippen molar-refractivity contribution >= 4 is 23.2 Å². The van der Waals surface area contributed by atoms with E-state index in [0.717, 1.165) is 0 Å². The van der Waals surface area contributed by atoms with Crippen LogP contribution in [0.25, 0.3) is 0 Å². The van der Waals surface area contributed by atoms with Gasteiger partial charge in [-0.3, -0.25) is 0 Å². The first-order valence-electron chi connectivity index (χ1n) is 2.11. The maximum atomic E-state index is 11.6. The third kappa shape index (κ3) is 6.51. The molecule has 0 aliphatic carbocycles. The van der Waals surface area contributed by atoms with Crippen molar-refractivity contribution in [2.24, 2.45) is 0 Å². The minimum Gasteiger partial charge on any atom is -0.230 e. The predicted octanol–water partition coefficient (Wildman–Crippen LogP) is 2.54. The smallest absolute Gasteiger partial charge is 0.173 e. The van der Waals surface area contributed by atoms with Gasteiger partial charge in [0.05, 0.1) is 0 Å². The molecule has 0 aliphatic heterocycles. The largest absolute Gasteiger partial charge is 0.230 e. The number of halogens is 3. The molecule has 0 radical (unpaired) electrons. The third-order valence-corrected chi connectivity index (χ3v) is 1.04. The van der Waals surface area contributed by atoms with E-state index < -0.39 is 5.63 Å². The zero-order valence-electron chi connectivity index (χ0n) is 3.83. The Bertz CT molecular complexity index is 38.7. The Morgan fingerprint density at radius 2 is 2.14 bits per heavy atom. The molecule has 0 fully saturated rings. The maximum Gasteiger partial charge on any atom is 0.173 e. The van der Waals surface area contributed by atoms with Gasteiger partial charge in [-0.05, 0) is 12.8 Å². The minimum absolute atomic E-state index is 0.366. The van der Waals surface area contributed by atoms with Gasteiger partial charge >= 0.3 is 0 Å². The Labute approximate surface area is 52.6 Å². The fourth-order valence-electron chi connectivity index (χ4n) is 0.231. The first-order valence-corrected chi connectivity index (χ1v) is 3.08. The molecule has 0 saturated heterocycles. The highest BCUT2D eigenvalue weighted by Crippen LogP contribution is 2.05. The van der Waals surface area contributed by atoms with Crippen LogP contribution >= 0.6 is 23.2 Å². The monoisotopic (exact) mass is 144 g/mol. The summed E-state index contributed by atoms with van der Waals surface area (Å²) in [5.41, 5.74) is -1.21. The van der Waals surface area contributed by atoms with E-state index in [-0.39, 0.29) is 0 Å². The van der Waals surface area contributed by atoms with Gasteiger partial charge in [0, 0.05) is 5.88 Å². The molecule has 1 unspecified atom stereocenters. The molecule has 0 aliphatic rings. The second kappa shape index (κ2) is 4.66. The summed E-state index contributed by atoms with van der Waals surface area (Å²) in [5.74, 6) is 0.493. The topological polar surface area (TPSA) is 0 Å². The molecule has 0 aromatic carbocycles. The molecular weight excluding hydrogens is 138 g/mol. The van der Waals surface area contributed by atoms with Crippen molar-refractivity contribution in [1.29, 1.82) is 0 Å². The second-order valence-electron chi connectivity index (χ2n) is 1.22. The van der Waals surface area contributed by atoms with E-state index in [0.29, 0.717) is 18.7 Å². The first kappa shape index (κ1) is 7.51. The van der Waals surface area contributed by atoms with Gasteiger partial charge in [0.2, 0.25) is 0 Å². The van der Waals surface area contributed by atoms with Crippen LogP contribution in [0.15, 0.2) is 0 Å². The number of rotatable bonds is 3. The molecule has 0 rings (SSSR count). The highest BCUT2D eigenvalue weighted by molar-refractivity contribution is 6.19. The summed E-state index contributed by atoms with van der Waals surface area (Å²) in [5, 5.41) is 0. The summed E-state index contributed by atoms with van der Waals surface area (Å²) in [7, 11) is 0. The first-order chi connectivity index (χ1) is 3.27. The highest BCUT2D eigenvalue weighted by atomic mass is 35.5. The molecule has 44 valence electrons. The lowest BCUT2D eigenvalue weighted by molar-refractivity contribution is 0.418. The van der Waals surface area contributed by atoms with Gasteiger partial charge in [0.15, 0.2) is 5.63 Å². The minimum atomic E-state index is -1.21. The molecule has 0 bridgehead atoms. The molecule has 0 heterocycles. The summed E-state index contributed by atoms with van der Waals surface area (Å²) in [6, 6.07) is 0. The number of alkyl halides is 3. The number of hydrogen-bond donors (Lipinski definition) is 0. The predicted molar refractivity (Wildman–Crippen MR) is 30.7 cm³/mol. The Morgan fingerprint density at radius 3 is 2.29 bits per heavy atom. The average Bonchev–Trinajstić information content (AvgIpc) is 1.61. The second-order valence-corrected chi connectivity index (χ2v) is 2.07. The normalized spacial score (nSPS) is 14.1. The van der Waals surface area contributed by atoms with Crippen LogP contribution in [0.3, 0.4) is 0 Å². The van der Waals surface area contributed by atoms with E-state index in [9.17, 15) is 4.39 Å². The van der Waals surface area contributed by atoms with Crippen molar-refractivity contribution in [3.63, 3.8) is 0 Å². The van der Waals surface area contributed by atoms with E-state index >= 15 is 0 Å². The van der Waals surface area contributed by atoms with Gasteiger partial charge in [0.25, 0.3) is 0 Å². The molecule has 0 spiro atoms. The zero-order valence-corrected chi connectivity index (χ0v) is 5.34. The Morgan fingerprint density at radius 1 is 1.57 bits per heavy atom. The van der Waals surface area contributed by atoms with E-state index in [4.69, 9.17) is 23.2 Å². The molecule has 0 aromatic rings. The number of hydrogen-bond acceptors (Lipinski definition) is 0. The quantitative estimate of drug-likeness (QED) is 0.535. The Hall–Kier alpha value is 0.510. The summed E-state index contributed by atoms with van der Waals surface area (Å²) in [6.07, 6.45) is 1.03. The van der Waals surface area contributed by atoms with E-state index in [1.807, 2.05) is 0 Å².